The monoisotopic (exact) mass is 381 g/mol. The van der Waals surface area contributed by atoms with Gasteiger partial charge in [0.05, 0.1) is 17.7 Å². The highest BCUT2D eigenvalue weighted by atomic mass is 15.1. The van der Waals surface area contributed by atoms with Crippen LogP contribution in [-0.4, -0.2) is 28.0 Å². The zero-order valence-corrected chi connectivity index (χ0v) is 16.9. The van der Waals surface area contributed by atoms with E-state index in [1.807, 2.05) is 12.4 Å². The van der Waals surface area contributed by atoms with Gasteiger partial charge in [-0.15, -0.1) is 0 Å². The van der Waals surface area contributed by atoms with Crippen LogP contribution in [0.25, 0.3) is 22.5 Å². The van der Waals surface area contributed by atoms with Gasteiger partial charge in [0, 0.05) is 24.2 Å². The highest BCUT2D eigenvalue weighted by molar-refractivity contribution is 5.78. The van der Waals surface area contributed by atoms with Gasteiger partial charge in [-0.05, 0) is 25.6 Å². The molecule has 3 aromatic carbocycles. The maximum absolute atomic E-state index is 4.78. The number of benzene rings is 3. The van der Waals surface area contributed by atoms with Gasteiger partial charge in [0.2, 0.25) is 0 Å². The molecule has 0 amide bonds. The van der Waals surface area contributed by atoms with Crippen LogP contribution in [0.3, 0.4) is 0 Å². The van der Waals surface area contributed by atoms with Crippen LogP contribution in [0.4, 0.5) is 0 Å². The number of hydrogen-bond donors (Lipinski definition) is 0. The average Bonchev–Trinajstić information content (AvgIpc) is 3.19. The van der Waals surface area contributed by atoms with Gasteiger partial charge >= 0.3 is 0 Å². The molecule has 1 heterocycles. The van der Waals surface area contributed by atoms with Gasteiger partial charge in [0.1, 0.15) is 0 Å². The minimum absolute atomic E-state index is 0.948. The molecule has 0 atom stereocenters. The minimum Gasteiger partial charge on any atom is -0.330 e. The van der Waals surface area contributed by atoms with E-state index >= 15 is 0 Å². The summed E-state index contributed by atoms with van der Waals surface area (Å²) >= 11 is 0. The lowest BCUT2D eigenvalue weighted by Crippen LogP contribution is -2.20. The Labute approximate surface area is 173 Å². The van der Waals surface area contributed by atoms with Crippen LogP contribution in [0.5, 0.6) is 0 Å². The molecule has 0 aliphatic rings. The van der Waals surface area contributed by atoms with Gasteiger partial charge in [-0.1, -0.05) is 91.0 Å². The Morgan fingerprint density at radius 3 is 2.00 bits per heavy atom. The summed E-state index contributed by atoms with van der Waals surface area (Å²) in [5.74, 6) is 0. The lowest BCUT2D eigenvalue weighted by Gasteiger charge is -2.17. The number of rotatable bonds is 8. The van der Waals surface area contributed by atoms with Crippen LogP contribution < -0.4 is 0 Å². The zero-order valence-electron chi connectivity index (χ0n) is 16.9. The van der Waals surface area contributed by atoms with E-state index in [0.29, 0.717) is 0 Å². The maximum Gasteiger partial charge on any atom is 0.0963 e. The van der Waals surface area contributed by atoms with Crippen LogP contribution in [0.2, 0.25) is 0 Å². The Morgan fingerprint density at radius 1 is 0.759 bits per heavy atom. The molecule has 0 fully saturated rings. The molecule has 0 radical (unpaired) electrons. The van der Waals surface area contributed by atoms with Crippen molar-refractivity contribution in [2.45, 2.75) is 19.5 Å². The molecule has 0 saturated heterocycles. The third-order valence-electron chi connectivity index (χ3n) is 5.17. The highest BCUT2D eigenvalue weighted by Gasteiger charge is 2.14. The summed E-state index contributed by atoms with van der Waals surface area (Å²) in [4.78, 5) is 7.16. The first-order valence-electron chi connectivity index (χ1n) is 10.2. The molecule has 0 spiro atoms. The molecule has 0 bridgehead atoms. The Morgan fingerprint density at radius 2 is 1.34 bits per heavy atom. The largest absolute Gasteiger partial charge is 0.330 e. The Bertz CT molecular complexity index is 1010. The number of aryl methyl sites for hydroxylation is 1. The third-order valence-corrected chi connectivity index (χ3v) is 5.17. The summed E-state index contributed by atoms with van der Waals surface area (Å²) in [6.45, 7) is 2.97. The second-order valence-corrected chi connectivity index (χ2v) is 7.44. The van der Waals surface area contributed by atoms with Crippen LogP contribution in [0.1, 0.15) is 12.0 Å². The molecule has 146 valence electrons. The summed E-state index contributed by atoms with van der Waals surface area (Å²) < 4.78 is 2.30. The molecule has 1 aromatic heterocycles. The van der Waals surface area contributed by atoms with E-state index in [2.05, 4.69) is 101 Å². The summed E-state index contributed by atoms with van der Waals surface area (Å²) in [7, 11) is 2.19. The summed E-state index contributed by atoms with van der Waals surface area (Å²) in [6, 6.07) is 31.7. The molecule has 0 saturated carbocycles. The fraction of sp³-hybridized carbons (Fsp3) is 0.192. The molecule has 3 nitrogen and oxygen atoms in total. The number of hydrogen-bond acceptors (Lipinski definition) is 2. The molecule has 0 aliphatic heterocycles. The third kappa shape index (κ3) is 4.82. The molecule has 0 N–H and O–H groups in total. The van der Waals surface area contributed by atoms with E-state index in [1.54, 1.807) is 0 Å². The van der Waals surface area contributed by atoms with Crippen molar-refractivity contribution in [3.63, 3.8) is 0 Å². The van der Waals surface area contributed by atoms with Gasteiger partial charge in [0.25, 0.3) is 0 Å². The van der Waals surface area contributed by atoms with E-state index in [4.69, 9.17) is 4.98 Å². The smallest absolute Gasteiger partial charge is 0.0963 e. The minimum atomic E-state index is 0.948. The lowest BCUT2D eigenvalue weighted by molar-refractivity contribution is 0.314. The topological polar surface area (TPSA) is 21.1 Å². The van der Waals surface area contributed by atoms with Crippen molar-refractivity contribution in [3.05, 3.63) is 103 Å². The van der Waals surface area contributed by atoms with Crippen molar-refractivity contribution in [1.82, 2.24) is 14.5 Å². The Kier molecular flexibility index (Phi) is 6.18. The number of imidazole rings is 1. The van der Waals surface area contributed by atoms with E-state index in [0.717, 1.165) is 37.3 Å². The Balaban J connectivity index is 1.49. The first kappa shape index (κ1) is 19.2. The molecule has 4 rings (SSSR count). The summed E-state index contributed by atoms with van der Waals surface area (Å²) in [5.41, 5.74) is 5.97. The highest BCUT2D eigenvalue weighted by Crippen LogP contribution is 2.31. The fourth-order valence-corrected chi connectivity index (χ4v) is 3.74. The van der Waals surface area contributed by atoms with E-state index in [1.165, 1.54) is 16.8 Å². The van der Waals surface area contributed by atoms with E-state index in [9.17, 15) is 0 Å². The van der Waals surface area contributed by atoms with Crippen molar-refractivity contribution in [3.8, 4) is 22.5 Å². The second kappa shape index (κ2) is 9.35. The predicted octanol–water partition coefficient (Wildman–Crippen LogP) is 5.74. The molecular weight excluding hydrogens is 354 g/mol. The first-order chi connectivity index (χ1) is 14.3. The lowest BCUT2D eigenvalue weighted by atomic mass is 10.0. The summed E-state index contributed by atoms with van der Waals surface area (Å²) in [6.07, 6.45) is 3.07. The summed E-state index contributed by atoms with van der Waals surface area (Å²) in [5, 5.41) is 0. The van der Waals surface area contributed by atoms with Crippen LogP contribution in [0, 0.1) is 0 Å². The van der Waals surface area contributed by atoms with Gasteiger partial charge in [-0.3, -0.25) is 0 Å². The first-order valence-corrected chi connectivity index (χ1v) is 10.2. The zero-order chi connectivity index (χ0) is 19.9. The van der Waals surface area contributed by atoms with Crippen molar-refractivity contribution < 1.29 is 0 Å². The van der Waals surface area contributed by atoms with Crippen LogP contribution in [-0.2, 0) is 13.1 Å². The quantitative estimate of drug-likeness (QED) is 0.388. The predicted molar refractivity (Wildman–Crippen MR) is 120 cm³/mol. The molecule has 0 unspecified atom stereocenters. The normalized spacial score (nSPS) is 11.1. The Hall–Kier alpha value is -3.17. The number of nitrogens with zero attached hydrogens (tertiary/aromatic N) is 3. The average molecular weight is 382 g/mol. The second-order valence-electron chi connectivity index (χ2n) is 7.44. The molecule has 0 aliphatic carbocycles. The molecule has 4 aromatic rings. The SMILES string of the molecule is CN(CCCn1cnc(-c2ccccc2)c1-c1ccccc1)Cc1ccccc1. The van der Waals surface area contributed by atoms with Crippen molar-refractivity contribution in [1.29, 1.82) is 0 Å². The fourth-order valence-electron chi connectivity index (χ4n) is 3.74. The van der Waals surface area contributed by atoms with Crippen molar-refractivity contribution in [2.75, 3.05) is 13.6 Å². The van der Waals surface area contributed by atoms with E-state index < -0.39 is 0 Å². The molecule has 29 heavy (non-hydrogen) atoms. The van der Waals surface area contributed by atoms with Gasteiger partial charge in [-0.25, -0.2) is 4.98 Å². The van der Waals surface area contributed by atoms with E-state index in [-0.39, 0.29) is 0 Å². The molecule has 3 heteroatoms. The molecular formula is C26H27N3. The standard InChI is InChI=1S/C26H27N3/c1-28(20-22-12-5-2-6-13-22)18-11-19-29-21-27-25(23-14-7-3-8-15-23)26(29)24-16-9-4-10-17-24/h2-10,12-17,21H,11,18-20H2,1H3. The number of aromatic nitrogens is 2. The van der Waals surface area contributed by atoms with Gasteiger partial charge in [0.15, 0.2) is 0 Å². The van der Waals surface area contributed by atoms with Gasteiger partial charge in [-0.2, -0.15) is 0 Å². The van der Waals surface area contributed by atoms with Crippen molar-refractivity contribution in [2.24, 2.45) is 0 Å². The van der Waals surface area contributed by atoms with Gasteiger partial charge < -0.3 is 9.47 Å². The van der Waals surface area contributed by atoms with Crippen molar-refractivity contribution >= 4 is 0 Å². The van der Waals surface area contributed by atoms with Crippen LogP contribution in [0.15, 0.2) is 97.3 Å². The van der Waals surface area contributed by atoms with Crippen LogP contribution >= 0.6 is 0 Å². The maximum atomic E-state index is 4.78.